The summed E-state index contributed by atoms with van der Waals surface area (Å²) in [7, 11) is 3.54. The molecule has 3 heteroatoms. The predicted octanol–water partition coefficient (Wildman–Crippen LogP) is 1.21. The zero-order chi connectivity index (χ0) is 9.42. The van der Waals surface area contributed by atoms with Crippen LogP contribution in [-0.2, 0) is 14.2 Å². The number of hydrogen-bond acceptors (Lipinski definition) is 3. The molecule has 1 heterocycles. The predicted molar refractivity (Wildman–Crippen MR) is 48.7 cm³/mol. The monoisotopic (exact) mass is 186 g/mol. The van der Waals surface area contributed by atoms with Gasteiger partial charge in [0, 0.05) is 26.6 Å². The standard InChI is InChI=1S/C10H18O3/c1-6-4-7-8(11-2)5-9(12-3)10(7)13-6/h6-10H,4-5H2,1-3H3/t6-,7+,8-,9-,10+/m1/s1. The molecule has 1 aliphatic carbocycles. The highest BCUT2D eigenvalue weighted by atomic mass is 16.6. The van der Waals surface area contributed by atoms with Crippen molar-refractivity contribution in [3.63, 3.8) is 0 Å². The lowest BCUT2D eigenvalue weighted by Gasteiger charge is -2.16. The molecule has 0 N–H and O–H groups in total. The summed E-state index contributed by atoms with van der Waals surface area (Å²) < 4.78 is 16.7. The van der Waals surface area contributed by atoms with Crippen LogP contribution in [0.5, 0.6) is 0 Å². The van der Waals surface area contributed by atoms with Crippen LogP contribution < -0.4 is 0 Å². The van der Waals surface area contributed by atoms with Crippen molar-refractivity contribution in [3.8, 4) is 0 Å². The number of fused-ring (bicyclic) bond motifs is 1. The van der Waals surface area contributed by atoms with E-state index in [0.29, 0.717) is 18.1 Å². The fourth-order valence-corrected chi connectivity index (χ4v) is 2.71. The molecule has 0 aromatic carbocycles. The van der Waals surface area contributed by atoms with Crippen molar-refractivity contribution in [2.24, 2.45) is 5.92 Å². The van der Waals surface area contributed by atoms with Gasteiger partial charge in [0.15, 0.2) is 0 Å². The van der Waals surface area contributed by atoms with Crippen LogP contribution in [0.15, 0.2) is 0 Å². The summed E-state index contributed by atoms with van der Waals surface area (Å²) in [5, 5.41) is 0. The van der Waals surface area contributed by atoms with Crippen molar-refractivity contribution in [1.82, 2.24) is 0 Å². The smallest absolute Gasteiger partial charge is 0.0894 e. The number of ether oxygens (including phenoxy) is 3. The van der Waals surface area contributed by atoms with Gasteiger partial charge in [-0.3, -0.25) is 0 Å². The van der Waals surface area contributed by atoms with Gasteiger partial charge in [-0.2, -0.15) is 0 Å². The molecule has 2 fully saturated rings. The van der Waals surface area contributed by atoms with Gasteiger partial charge in [0.2, 0.25) is 0 Å². The van der Waals surface area contributed by atoms with E-state index >= 15 is 0 Å². The number of hydrogen-bond donors (Lipinski definition) is 0. The van der Waals surface area contributed by atoms with Crippen LogP contribution in [0.3, 0.4) is 0 Å². The maximum absolute atomic E-state index is 5.82. The van der Waals surface area contributed by atoms with Gasteiger partial charge in [-0.05, 0) is 13.3 Å². The van der Waals surface area contributed by atoms with E-state index in [1.165, 1.54) is 0 Å². The second-order valence-corrected chi connectivity index (χ2v) is 4.09. The SMILES string of the molecule is CO[C@@H]1C[C@@H](OC)[C@H]2O[C@H](C)C[C@H]21. The normalized spacial score (nSPS) is 49.6. The van der Waals surface area contributed by atoms with Gasteiger partial charge in [0.25, 0.3) is 0 Å². The molecule has 2 aliphatic rings. The maximum Gasteiger partial charge on any atom is 0.0894 e. The second-order valence-electron chi connectivity index (χ2n) is 4.09. The van der Waals surface area contributed by atoms with Gasteiger partial charge in [-0.25, -0.2) is 0 Å². The highest BCUT2D eigenvalue weighted by molar-refractivity contribution is 4.98. The first-order valence-electron chi connectivity index (χ1n) is 4.97. The van der Waals surface area contributed by atoms with Gasteiger partial charge in [-0.15, -0.1) is 0 Å². The van der Waals surface area contributed by atoms with Crippen LogP contribution in [0.25, 0.3) is 0 Å². The van der Waals surface area contributed by atoms with Crippen LogP contribution in [0.2, 0.25) is 0 Å². The topological polar surface area (TPSA) is 27.7 Å². The molecule has 0 amide bonds. The Labute approximate surface area is 79.4 Å². The van der Waals surface area contributed by atoms with E-state index in [9.17, 15) is 0 Å². The fourth-order valence-electron chi connectivity index (χ4n) is 2.71. The van der Waals surface area contributed by atoms with Crippen LogP contribution in [-0.4, -0.2) is 38.6 Å². The molecule has 1 saturated heterocycles. The first-order chi connectivity index (χ1) is 6.26. The fraction of sp³-hybridized carbons (Fsp3) is 1.00. The zero-order valence-electron chi connectivity index (χ0n) is 8.53. The minimum atomic E-state index is 0.236. The Morgan fingerprint density at radius 1 is 1.08 bits per heavy atom. The third-order valence-corrected chi connectivity index (χ3v) is 3.33. The highest BCUT2D eigenvalue weighted by Gasteiger charge is 2.49. The summed E-state index contributed by atoms with van der Waals surface area (Å²) in [4.78, 5) is 0. The summed E-state index contributed by atoms with van der Waals surface area (Å²) in [6.45, 7) is 2.12. The third-order valence-electron chi connectivity index (χ3n) is 3.33. The Kier molecular flexibility index (Phi) is 2.58. The van der Waals surface area contributed by atoms with Crippen molar-refractivity contribution < 1.29 is 14.2 Å². The Bertz CT molecular complexity index is 165. The average Bonchev–Trinajstić information content (AvgIpc) is 2.61. The number of rotatable bonds is 2. The van der Waals surface area contributed by atoms with Gasteiger partial charge >= 0.3 is 0 Å². The van der Waals surface area contributed by atoms with Gasteiger partial charge in [0.1, 0.15) is 0 Å². The largest absolute Gasteiger partial charge is 0.381 e. The molecule has 0 aromatic heterocycles. The summed E-state index contributed by atoms with van der Waals surface area (Å²) in [6, 6.07) is 0. The summed E-state index contributed by atoms with van der Waals surface area (Å²) in [6.07, 6.45) is 3.30. The van der Waals surface area contributed by atoms with Crippen molar-refractivity contribution in [3.05, 3.63) is 0 Å². The molecule has 0 aromatic rings. The highest BCUT2D eigenvalue weighted by Crippen LogP contribution is 2.41. The van der Waals surface area contributed by atoms with E-state index in [1.807, 2.05) is 0 Å². The Balaban J connectivity index is 2.07. The summed E-state index contributed by atoms with van der Waals surface area (Å²) in [5.74, 6) is 0.546. The Hall–Kier alpha value is -0.120. The lowest BCUT2D eigenvalue weighted by molar-refractivity contribution is -0.0406. The quantitative estimate of drug-likeness (QED) is 0.649. The molecule has 2 rings (SSSR count). The lowest BCUT2D eigenvalue weighted by atomic mass is 10.00. The van der Waals surface area contributed by atoms with E-state index in [0.717, 1.165) is 12.8 Å². The van der Waals surface area contributed by atoms with Gasteiger partial charge in [-0.1, -0.05) is 0 Å². The van der Waals surface area contributed by atoms with E-state index in [2.05, 4.69) is 6.92 Å². The van der Waals surface area contributed by atoms with E-state index in [-0.39, 0.29) is 12.2 Å². The van der Waals surface area contributed by atoms with Crippen molar-refractivity contribution in [2.75, 3.05) is 14.2 Å². The second kappa shape index (κ2) is 3.56. The summed E-state index contributed by atoms with van der Waals surface area (Å²) >= 11 is 0. The van der Waals surface area contributed by atoms with Crippen molar-refractivity contribution in [2.45, 2.75) is 44.2 Å². The molecule has 0 bridgehead atoms. The van der Waals surface area contributed by atoms with Crippen LogP contribution in [0.1, 0.15) is 19.8 Å². The minimum Gasteiger partial charge on any atom is -0.381 e. The maximum atomic E-state index is 5.82. The number of methoxy groups -OCH3 is 2. The lowest BCUT2D eigenvalue weighted by Crippen LogP contribution is -2.26. The molecule has 0 unspecified atom stereocenters. The molecule has 1 saturated carbocycles. The molecule has 1 aliphatic heterocycles. The molecule has 0 spiro atoms. The zero-order valence-corrected chi connectivity index (χ0v) is 8.53. The third kappa shape index (κ3) is 1.49. The summed E-state index contributed by atoms with van der Waals surface area (Å²) in [5.41, 5.74) is 0. The Morgan fingerprint density at radius 2 is 1.77 bits per heavy atom. The van der Waals surface area contributed by atoms with Crippen LogP contribution >= 0.6 is 0 Å². The minimum absolute atomic E-state index is 0.236. The van der Waals surface area contributed by atoms with E-state index < -0.39 is 0 Å². The molecule has 3 nitrogen and oxygen atoms in total. The first kappa shape index (κ1) is 9.44. The van der Waals surface area contributed by atoms with Crippen molar-refractivity contribution in [1.29, 1.82) is 0 Å². The van der Waals surface area contributed by atoms with Crippen LogP contribution in [0.4, 0.5) is 0 Å². The molecule has 13 heavy (non-hydrogen) atoms. The van der Waals surface area contributed by atoms with Gasteiger partial charge < -0.3 is 14.2 Å². The first-order valence-corrected chi connectivity index (χ1v) is 4.97. The molecular weight excluding hydrogens is 168 g/mol. The molecular formula is C10H18O3. The average molecular weight is 186 g/mol. The van der Waals surface area contributed by atoms with E-state index in [4.69, 9.17) is 14.2 Å². The van der Waals surface area contributed by atoms with E-state index in [1.54, 1.807) is 14.2 Å². The van der Waals surface area contributed by atoms with Crippen molar-refractivity contribution >= 4 is 0 Å². The van der Waals surface area contributed by atoms with Gasteiger partial charge in [0.05, 0.1) is 24.4 Å². The molecule has 0 radical (unpaired) electrons. The molecule has 5 atom stereocenters. The Morgan fingerprint density at radius 3 is 2.38 bits per heavy atom. The van der Waals surface area contributed by atoms with Crippen LogP contribution in [0, 0.1) is 5.92 Å². The molecule has 76 valence electrons.